The number of hydrogen-bond acceptors (Lipinski definition) is 5. The molecule has 0 bridgehead atoms. The first-order valence-corrected chi connectivity index (χ1v) is 9.16. The standard InChI is InChI=1S/C20H22FN3O3/c21-17-4-2-1-3-15(17)13-23-19(25)16-5-6-18(22-14-16)24-9-7-20(8-10-24)26-11-12-27-20/h1-6,14H,7-13H2,(H,23,25). The molecule has 142 valence electrons. The van der Waals surface area contributed by atoms with E-state index in [9.17, 15) is 9.18 Å². The zero-order valence-electron chi connectivity index (χ0n) is 15.0. The normalized spacial score (nSPS) is 18.6. The number of amides is 1. The predicted octanol–water partition coefficient (Wildman–Crippen LogP) is 2.49. The van der Waals surface area contributed by atoms with Gasteiger partial charge in [-0.15, -0.1) is 0 Å². The molecule has 0 radical (unpaired) electrons. The van der Waals surface area contributed by atoms with Crippen LogP contribution in [0.4, 0.5) is 10.2 Å². The Labute approximate surface area is 157 Å². The molecule has 0 unspecified atom stereocenters. The van der Waals surface area contributed by atoms with E-state index in [1.54, 1.807) is 30.5 Å². The van der Waals surface area contributed by atoms with Gasteiger partial charge < -0.3 is 19.7 Å². The second-order valence-corrected chi connectivity index (χ2v) is 6.77. The van der Waals surface area contributed by atoms with Crippen LogP contribution in [0, 0.1) is 5.82 Å². The van der Waals surface area contributed by atoms with Crippen LogP contribution < -0.4 is 10.2 Å². The molecule has 27 heavy (non-hydrogen) atoms. The number of halogens is 1. The highest BCUT2D eigenvalue weighted by molar-refractivity contribution is 5.94. The summed E-state index contributed by atoms with van der Waals surface area (Å²) in [5.74, 6) is -0.191. The quantitative estimate of drug-likeness (QED) is 0.895. The molecule has 7 heteroatoms. The molecule has 1 aromatic carbocycles. The van der Waals surface area contributed by atoms with Crippen LogP contribution in [0.2, 0.25) is 0 Å². The summed E-state index contributed by atoms with van der Waals surface area (Å²) in [6.07, 6.45) is 3.16. The van der Waals surface area contributed by atoms with Crippen molar-refractivity contribution in [3.63, 3.8) is 0 Å². The van der Waals surface area contributed by atoms with Crippen molar-refractivity contribution in [1.82, 2.24) is 10.3 Å². The Balaban J connectivity index is 1.33. The Hall–Kier alpha value is -2.51. The van der Waals surface area contributed by atoms with E-state index in [0.29, 0.717) is 24.3 Å². The molecular weight excluding hydrogens is 349 g/mol. The van der Waals surface area contributed by atoms with E-state index in [2.05, 4.69) is 15.2 Å². The summed E-state index contributed by atoms with van der Waals surface area (Å²) in [4.78, 5) is 18.9. The number of anilines is 1. The number of benzene rings is 1. The number of ether oxygens (including phenoxy) is 2. The van der Waals surface area contributed by atoms with E-state index in [1.165, 1.54) is 6.07 Å². The molecule has 1 spiro atoms. The van der Waals surface area contributed by atoms with Crippen molar-refractivity contribution in [2.75, 3.05) is 31.2 Å². The van der Waals surface area contributed by atoms with Gasteiger partial charge in [-0.3, -0.25) is 4.79 Å². The van der Waals surface area contributed by atoms with Gasteiger partial charge in [-0.25, -0.2) is 9.37 Å². The molecule has 2 fully saturated rings. The number of pyridine rings is 1. The van der Waals surface area contributed by atoms with E-state index < -0.39 is 5.79 Å². The first-order valence-electron chi connectivity index (χ1n) is 9.16. The highest BCUT2D eigenvalue weighted by atomic mass is 19.1. The van der Waals surface area contributed by atoms with Crippen molar-refractivity contribution < 1.29 is 18.7 Å². The first-order chi connectivity index (χ1) is 13.2. The number of rotatable bonds is 4. The molecule has 0 aliphatic carbocycles. The SMILES string of the molecule is O=C(NCc1ccccc1F)c1ccc(N2CCC3(CC2)OCCO3)nc1. The van der Waals surface area contributed by atoms with Crippen molar-refractivity contribution >= 4 is 11.7 Å². The minimum atomic E-state index is -0.414. The van der Waals surface area contributed by atoms with Gasteiger partial charge in [-0.1, -0.05) is 18.2 Å². The summed E-state index contributed by atoms with van der Waals surface area (Å²) in [7, 11) is 0. The summed E-state index contributed by atoms with van der Waals surface area (Å²) < 4.78 is 25.1. The summed E-state index contributed by atoms with van der Waals surface area (Å²) >= 11 is 0. The third kappa shape index (κ3) is 3.94. The molecule has 2 saturated heterocycles. The third-order valence-corrected chi connectivity index (χ3v) is 5.07. The minimum absolute atomic E-state index is 0.140. The van der Waals surface area contributed by atoms with Gasteiger partial charge in [0.25, 0.3) is 5.91 Å². The fourth-order valence-corrected chi connectivity index (χ4v) is 3.49. The Morgan fingerprint density at radius 3 is 2.56 bits per heavy atom. The molecule has 0 saturated carbocycles. The lowest BCUT2D eigenvalue weighted by Crippen LogP contribution is -2.45. The summed E-state index contributed by atoms with van der Waals surface area (Å²) in [5, 5.41) is 2.72. The Morgan fingerprint density at radius 1 is 1.15 bits per heavy atom. The summed E-state index contributed by atoms with van der Waals surface area (Å²) in [6.45, 7) is 3.06. The molecule has 3 heterocycles. The lowest BCUT2D eigenvalue weighted by molar-refractivity contribution is -0.169. The van der Waals surface area contributed by atoms with Gasteiger partial charge in [0.1, 0.15) is 11.6 Å². The van der Waals surface area contributed by atoms with Crippen LogP contribution in [-0.2, 0) is 16.0 Å². The molecule has 0 atom stereocenters. The molecule has 4 rings (SSSR count). The van der Waals surface area contributed by atoms with Crippen LogP contribution in [0.25, 0.3) is 0 Å². The number of aromatic nitrogens is 1. The van der Waals surface area contributed by atoms with Gasteiger partial charge in [0.15, 0.2) is 5.79 Å². The maximum atomic E-state index is 13.6. The van der Waals surface area contributed by atoms with Gasteiger partial charge in [-0.2, -0.15) is 0 Å². The van der Waals surface area contributed by atoms with E-state index in [1.807, 2.05) is 6.07 Å². The zero-order chi connectivity index (χ0) is 18.7. The molecule has 2 aliphatic rings. The van der Waals surface area contributed by atoms with Crippen molar-refractivity contribution in [3.05, 3.63) is 59.5 Å². The molecule has 1 N–H and O–H groups in total. The maximum absolute atomic E-state index is 13.6. The summed E-state index contributed by atoms with van der Waals surface area (Å²) in [6, 6.07) is 9.97. The van der Waals surface area contributed by atoms with Crippen LogP contribution in [0.5, 0.6) is 0 Å². The van der Waals surface area contributed by atoms with Gasteiger partial charge in [-0.05, 0) is 18.2 Å². The lowest BCUT2D eigenvalue weighted by atomic mass is 10.0. The molecule has 2 aliphatic heterocycles. The number of carbonyl (C=O) groups excluding carboxylic acids is 1. The fourth-order valence-electron chi connectivity index (χ4n) is 3.49. The molecule has 2 aromatic rings. The van der Waals surface area contributed by atoms with Crippen LogP contribution in [0.1, 0.15) is 28.8 Å². The number of nitrogens with one attached hydrogen (secondary N) is 1. The Morgan fingerprint density at radius 2 is 1.89 bits per heavy atom. The predicted molar refractivity (Wildman–Crippen MR) is 97.9 cm³/mol. The maximum Gasteiger partial charge on any atom is 0.253 e. The highest BCUT2D eigenvalue weighted by Gasteiger charge is 2.39. The van der Waals surface area contributed by atoms with Gasteiger partial charge in [0, 0.05) is 44.2 Å². The largest absolute Gasteiger partial charge is 0.356 e. The minimum Gasteiger partial charge on any atom is -0.356 e. The number of hydrogen-bond donors (Lipinski definition) is 1. The average molecular weight is 371 g/mol. The van der Waals surface area contributed by atoms with E-state index >= 15 is 0 Å². The summed E-state index contributed by atoms with van der Waals surface area (Å²) in [5.41, 5.74) is 0.903. The molecule has 6 nitrogen and oxygen atoms in total. The Kier molecular flexibility index (Phi) is 5.05. The average Bonchev–Trinajstić information content (AvgIpc) is 3.16. The second-order valence-electron chi connectivity index (χ2n) is 6.77. The van der Waals surface area contributed by atoms with Crippen molar-refractivity contribution in [3.8, 4) is 0 Å². The lowest BCUT2D eigenvalue weighted by Gasteiger charge is -2.38. The molecule has 1 aromatic heterocycles. The highest BCUT2D eigenvalue weighted by Crippen LogP contribution is 2.32. The van der Waals surface area contributed by atoms with Crippen LogP contribution in [0.15, 0.2) is 42.6 Å². The smallest absolute Gasteiger partial charge is 0.253 e. The van der Waals surface area contributed by atoms with Gasteiger partial charge in [0.05, 0.1) is 18.8 Å². The Bertz CT molecular complexity index is 796. The van der Waals surface area contributed by atoms with Crippen LogP contribution >= 0.6 is 0 Å². The van der Waals surface area contributed by atoms with Gasteiger partial charge >= 0.3 is 0 Å². The first kappa shape index (κ1) is 17.9. The third-order valence-electron chi connectivity index (χ3n) is 5.07. The molecule has 1 amide bonds. The number of carbonyl (C=O) groups is 1. The van der Waals surface area contributed by atoms with E-state index in [0.717, 1.165) is 31.7 Å². The second kappa shape index (κ2) is 7.62. The van der Waals surface area contributed by atoms with Crippen molar-refractivity contribution in [2.45, 2.75) is 25.2 Å². The van der Waals surface area contributed by atoms with Crippen LogP contribution in [0.3, 0.4) is 0 Å². The number of nitrogens with zero attached hydrogens (tertiary/aromatic N) is 2. The zero-order valence-corrected chi connectivity index (χ0v) is 15.0. The topological polar surface area (TPSA) is 63.7 Å². The van der Waals surface area contributed by atoms with E-state index in [-0.39, 0.29) is 18.3 Å². The molecular formula is C20H22FN3O3. The van der Waals surface area contributed by atoms with Gasteiger partial charge in [0.2, 0.25) is 0 Å². The monoisotopic (exact) mass is 371 g/mol. The van der Waals surface area contributed by atoms with Crippen molar-refractivity contribution in [2.24, 2.45) is 0 Å². The van der Waals surface area contributed by atoms with Crippen molar-refractivity contribution in [1.29, 1.82) is 0 Å². The van der Waals surface area contributed by atoms with E-state index in [4.69, 9.17) is 9.47 Å². The number of piperidine rings is 1. The van der Waals surface area contributed by atoms with Crippen LogP contribution in [-0.4, -0.2) is 43.0 Å². The fraction of sp³-hybridized carbons (Fsp3) is 0.400.